The average molecular weight is 479 g/mol. The third-order valence-corrected chi connectivity index (χ3v) is 6.62. The lowest BCUT2D eigenvalue weighted by Gasteiger charge is -2.16. The summed E-state index contributed by atoms with van der Waals surface area (Å²) in [5.74, 6) is 5.89. The zero-order valence-corrected chi connectivity index (χ0v) is 19.5. The number of carbonyl (C=O) groups is 2. The number of nitrogens with one attached hydrogen (secondary N) is 3. The lowest BCUT2D eigenvalue weighted by Crippen LogP contribution is -2.36. The van der Waals surface area contributed by atoms with E-state index >= 15 is 0 Å². The van der Waals surface area contributed by atoms with Crippen LogP contribution in [0.1, 0.15) is 25.7 Å². The Morgan fingerprint density at radius 1 is 0.938 bits per heavy atom. The van der Waals surface area contributed by atoms with Gasteiger partial charge in [0.25, 0.3) is 0 Å². The second-order valence-electron chi connectivity index (χ2n) is 7.54. The highest BCUT2D eigenvalue weighted by Crippen LogP contribution is 2.33. The summed E-state index contributed by atoms with van der Waals surface area (Å²) < 4.78 is 21.4. The van der Waals surface area contributed by atoms with E-state index in [1.165, 1.54) is 0 Å². The summed E-state index contributed by atoms with van der Waals surface area (Å²) in [6.45, 7) is 4.73. The molecule has 0 aromatic carbocycles. The molecule has 0 spiro atoms. The van der Waals surface area contributed by atoms with Gasteiger partial charge in [0.05, 0.1) is 71.5 Å². The van der Waals surface area contributed by atoms with E-state index in [-0.39, 0.29) is 24.0 Å². The van der Waals surface area contributed by atoms with Crippen LogP contribution in [-0.4, -0.2) is 101 Å². The molecule has 32 heavy (non-hydrogen) atoms. The Bertz CT molecular complexity index is 532. The van der Waals surface area contributed by atoms with Gasteiger partial charge in [-0.15, -0.1) is 0 Å². The number of amides is 3. The van der Waals surface area contributed by atoms with Gasteiger partial charge in [0, 0.05) is 24.0 Å². The van der Waals surface area contributed by atoms with Crippen LogP contribution in [0.15, 0.2) is 0 Å². The van der Waals surface area contributed by atoms with E-state index in [0.29, 0.717) is 77.7 Å². The first-order valence-corrected chi connectivity index (χ1v) is 12.3. The normalized spacial score (nSPS) is 21.9. The Morgan fingerprint density at radius 3 is 2.22 bits per heavy atom. The maximum absolute atomic E-state index is 11.9. The number of carbonyl (C=O) groups excluding carboxylic acids is 2. The summed E-state index contributed by atoms with van der Waals surface area (Å²) in [4.78, 5) is 27.7. The molecule has 2 aliphatic heterocycles. The fourth-order valence-corrected chi connectivity index (χ4v) is 5.04. The van der Waals surface area contributed by atoms with Gasteiger partial charge in [-0.05, 0) is 12.8 Å². The van der Waals surface area contributed by atoms with Crippen molar-refractivity contribution in [1.29, 1.82) is 0 Å². The summed E-state index contributed by atoms with van der Waals surface area (Å²) in [5, 5.41) is 9.26. The van der Waals surface area contributed by atoms with Crippen LogP contribution >= 0.6 is 11.8 Å². The maximum Gasteiger partial charge on any atom is 0.315 e. The number of fused-ring (bicyclic) bond motifs is 1. The standard InChI is InChI=1S/C20H38N4O7S/c21-31-14-13-30-12-11-29-10-9-28-8-7-27-6-5-22-18(25)4-2-1-3-17-19-16(15-32-17)23-20(26)24-19/h16-17,19H,1-15,21H2,(H,22,25)(H2,23,24,26)/t16-,17-,19-/m0/s1. The molecule has 12 heteroatoms. The van der Waals surface area contributed by atoms with E-state index in [1.807, 2.05) is 11.8 Å². The third kappa shape index (κ3) is 11.6. The molecule has 2 rings (SSSR count). The minimum atomic E-state index is -0.0557. The van der Waals surface area contributed by atoms with Crippen molar-refractivity contribution in [3.8, 4) is 0 Å². The zero-order chi connectivity index (χ0) is 22.9. The molecule has 0 aromatic heterocycles. The van der Waals surface area contributed by atoms with Crippen molar-refractivity contribution in [2.75, 3.05) is 71.8 Å². The van der Waals surface area contributed by atoms with Crippen molar-refractivity contribution >= 4 is 23.7 Å². The largest absolute Gasteiger partial charge is 0.377 e. The van der Waals surface area contributed by atoms with Crippen LogP contribution in [0.4, 0.5) is 4.79 Å². The number of hydrogen-bond acceptors (Lipinski definition) is 9. The van der Waals surface area contributed by atoms with Crippen molar-refractivity contribution in [3.05, 3.63) is 0 Å². The first-order valence-electron chi connectivity index (χ1n) is 11.3. The first-order chi connectivity index (χ1) is 15.7. The van der Waals surface area contributed by atoms with Gasteiger partial charge in [0.15, 0.2) is 0 Å². The SMILES string of the molecule is NOCCOCCOCCOCCOCCNC(=O)CCCC[C@@H]1SC[C@@H]2NC(=O)N[C@@H]21. The highest BCUT2D eigenvalue weighted by atomic mass is 32.2. The number of thioether (sulfide) groups is 1. The average Bonchev–Trinajstić information content (AvgIpc) is 3.33. The van der Waals surface area contributed by atoms with Gasteiger partial charge in [-0.1, -0.05) is 6.42 Å². The summed E-state index contributed by atoms with van der Waals surface area (Å²) in [5.41, 5.74) is 0. The molecule has 3 atom stereocenters. The van der Waals surface area contributed by atoms with Gasteiger partial charge in [-0.2, -0.15) is 11.8 Å². The van der Waals surface area contributed by atoms with Crippen LogP contribution in [0.25, 0.3) is 0 Å². The van der Waals surface area contributed by atoms with Crippen LogP contribution in [0.2, 0.25) is 0 Å². The fourth-order valence-electron chi connectivity index (χ4n) is 3.49. The topological polar surface area (TPSA) is 142 Å². The monoisotopic (exact) mass is 478 g/mol. The minimum Gasteiger partial charge on any atom is -0.377 e. The molecular weight excluding hydrogens is 440 g/mol. The zero-order valence-electron chi connectivity index (χ0n) is 18.7. The van der Waals surface area contributed by atoms with Crippen molar-refractivity contribution in [2.24, 2.45) is 5.90 Å². The molecule has 0 unspecified atom stereocenters. The molecule has 0 aromatic rings. The summed E-state index contributed by atoms with van der Waals surface area (Å²) >= 11 is 1.90. The number of ether oxygens (including phenoxy) is 4. The second-order valence-corrected chi connectivity index (χ2v) is 8.81. The number of nitrogens with two attached hydrogens (primary N) is 1. The lowest BCUT2D eigenvalue weighted by molar-refractivity contribution is -0.121. The Kier molecular flexibility index (Phi) is 14.7. The van der Waals surface area contributed by atoms with Crippen molar-refractivity contribution < 1.29 is 33.4 Å². The quantitative estimate of drug-likeness (QED) is 0.106. The van der Waals surface area contributed by atoms with Crippen molar-refractivity contribution in [2.45, 2.75) is 43.0 Å². The molecule has 0 saturated carbocycles. The highest BCUT2D eigenvalue weighted by molar-refractivity contribution is 8.00. The molecule has 2 aliphatic rings. The summed E-state index contributed by atoms with van der Waals surface area (Å²) in [6.07, 6.45) is 3.38. The summed E-state index contributed by atoms with van der Waals surface area (Å²) in [6, 6.07) is 0.435. The molecule has 2 fully saturated rings. The fraction of sp³-hybridized carbons (Fsp3) is 0.900. The van der Waals surface area contributed by atoms with Gasteiger partial charge in [0.1, 0.15) is 0 Å². The van der Waals surface area contributed by atoms with Crippen LogP contribution in [0, 0.1) is 0 Å². The van der Waals surface area contributed by atoms with Gasteiger partial charge < -0.3 is 39.7 Å². The molecule has 2 heterocycles. The second kappa shape index (κ2) is 17.3. The van der Waals surface area contributed by atoms with E-state index in [0.717, 1.165) is 25.0 Å². The predicted octanol–water partition coefficient (Wildman–Crippen LogP) is -0.215. The van der Waals surface area contributed by atoms with Gasteiger partial charge in [0.2, 0.25) is 5.91 Å². The molecule has 186 valence electrons. The van der Waals surface area contributed by atoms with Gasteiger partial charge >= 0.3 is 6.03 Å². The molecule has 5 N–H and O–H groups in total. The molecule has 2 saturated heterocycles. The molecule has 0 aliphatic carbocycles. The number of urea groups is 1. The Hall–Kier alpha value is -1.15. The van der Waals surface area contributed by atoms with Crippen LogP contribution in [0.5, 0.6) is 0 Å². The first kappa shape index (κ1) is 27.1. The Morgan fingerprint density at radius 2 is 1.56 bits per heavy atom. The van der Waals surface area contributed by atoms with Crippen LogP contribution in [-0.2, 0) is 28.6 Å². The predicted molar refractivity (Wildman–Crippen MR) is 120 cm³/mol. The van der Waals surface area contributed by atoms with Gasteiger partial charge in [-0.3, -0.25) is 4.79 Å². The minimum absolute atomic E-state index is 0.0503. The number of unbranched alkanes of at least 4 members (excludes halogenated alkanes) is 1. The number of hydrogen-bond donors (Lipinski definition) is 4. The smallest absolute Gasteiger partial charge is 0.315 e. The van der Waals surface area contributed by atoms with E-state index < -0.39 is 0 Å². The van der Waals surface area contributed by atoms with Crippen molar-refractivity contribution in [3.63, 3.8) is 0 Å². The van der Waals surface area contributed by atoms with E-state index in [1.54, 1.807) is 0 Å². The van der Waals surface area contributed by atoms with Crippen molar-refractivity contribution in [1.82, 2.24) is 16.0 Å². The van der Waals surface area contributed by atoms with Crippen LogP contribution in [0.3, 0.4) is 0 Å². The molecule has 3 amide bonds. The summed E-state index contributed by atoms with van der Waals surface area (Å²) in [7, 11) is 0. The van der Waals surface area contributed by atoms with Gasteiger partial charge in [-0.25, -0.2) is 10.7 Å². The molecular formula is C20H38N4O7S. The number of rotatable bonds is 20. The molecule has 0 radical (unpaired) electrons. The Labute approximate surface area is 194 Å². The van der Waals surface area contributed by atoms with E-state index in [2.05, 4.69) is 20.8 Å². The van der Waals surface area contributed by atoms with E-state index in [4.69, 9.17) is 24.8 Å². The third-order valence-electron chi connectivity index (χ3n) is 5.11. The Balaban J connectivity index is 1.28. The molecule has 0 bridgehead atoms. The van der Waals surface area contributed by atoms with Crippen LogP contribution < -0.4 is 21.8 Å². The molecule has 11 nitrogen and oxygen atoms in total. The van der Waals surface area contributed by atoms with E-state index in [9.17, 15) is 9.59 Å². The maximum atomic E-state index is 11.9. The highest BCUT2D eigenvalue weighted by Gasteiger charge is 2.42. The lowest BCUT2D eigenvalue weighted by atomic mass is 10.0.